The molecule has 0 aliphatic heterocycles. The molecule has 0 aromatic heterocycles. The second-order valence-electron chi connectivity index (χ2n) is 8.37. The number of carbonyl (C=O) groups is 2. The Kier molecular flexibility index (Phi) is 9.23. The fourth-order valence-corrected chi connectivity index (χ4v) is 4.67. The van der Waals surface area contributed by atoms with Crippen LogP contribution in [0.5, 0.6) is 0 Å². The average Bonchev–Trinajstić information content (AvgIpc) is 3.12. The summed E-state index contributed by atoms with van der Waals surface area (Å²) in [6, 6.07) is 0. The number of unbranched alkanes of at least 4 members (excludes halogenated alkanes) is 3. The molecule has 2 aliphatic carbocycles. The summed E-state index contributed by atoms with van der Waals surface area (Å²) < 4.78 is 5.44. The van der Waals surface area contributed by atoms with Gasteiger partial charge < -0.3 is 14.9 Å². The molecule has 0 amide bonds. The molecule has 0 radical (unpaired) electrons. The Morgan fingerprint density at radius 2 is 2.07 bits per heavy atom. The Bertz CT molecular complexity index is 580. The number of hydrogen-bond acceptors (Lipinski definition) is 4. The van der Waals surface area contributed by atoms with Crippen molar-refractivity contribution in [3.05, 3.63) is 23.8 Å². The molecular weight excluding hydrogens is 356 g/mol. The van der Waals surface area contributed by atoms with Gasteiger partial charge in [0.2, 0.25) is 0 Å². The predicted molar refractivity (Wildman–Crippen MR) is 109 cm³/mol. The number of carboxylic acid groups (broad SMARTS) is 1. The van der Waals surface area contributed by atoms with E-state index in [4.69, 9.17) is 9.84 Å². The highest BCUT2D eigenvalue weighted by molar-refractivity contribution is 5.66. The summed E-state index contributed by atoms with van der Waals surface area (Å²) >= 11 is 0. The van der Waals surface area contributed by atoms with E-state index in [1.807, 2.05) is 6.08 Å². The van der Waals surface area contributed by atoms with Gasteiger partial charge in [-0.05, 0) is 62.9 Å². The van der Waals surface area contributed by atoms with Crippen molar-refractivity contribution in [3.63, 3.8) is 0 Å². The van der Waals surface area contributed by atoms with Crippen LogP contribution in [0.25, 0.3) is 0 Å². The number of ether oxygens (including phenoxy) is 1. The molecule has 2 rings (SSSR count). The van der Waals surface area contributed by atoms with Gasteiger partial charge in [-0.1, -0.05) is 37.5 Å². The Morgan fingerprint density at radius 1 is 1.29 bits per heavy atom. The number of esters is 1. The SMILES string of the molecule is CCCCCC(C=CC1C(O)CC2C=C(CCCCC(=O)O)CC21)OC(C)=O. The van der Waals surface area contributed by atoms with Gasteiger partial charge in [0, 0.05) is 19.3 Å². The van der Waals surface area contributed by atoms with E-state index in [-0.39, 0.29) is 30.5 Å². The van der Waals surface area contributed by atoms with E-state index in [1.165, 1.54) is 12.5 Å². The average molecular weight is 393 g/mol. The Labute approximate surface area is 168 Å². The summed E-state index contributed by atoms with van der Waals surface area (Å²) in [6.07, 6.45) is 14.5. The quantitative estimate of drug-likeness (QED) is 0.287. The van der Waals surface area contributed by atoms with Crippen molar-refractivity contribution < 1.29 is 24.5 Å². The first-order chi connectivity index (χ1) is 13.4. The highest BCUT2D eigenvalue weighted by Gasteiger charge is 2.43. The normalized spacial score (nSPS) is 27.6. The third-order valence-electron chi connectivity index (χ3n) is 6.05. The summed E-state index contributed by atoms with van der Waals surface area (Å²) in [5.41, 5.74) is 1.41. The van der Waals surface area contributed by atoms with Crippen molar-refractivity contribution in [2.24, 2.45) is 17.8 Å². The van der Waals surface area contributed by atoms with Gasteiger partial charge in [-0.2, -0.15) is 0 Å². The van der Waals surface area contributed by atoms with Crippen LogP contribution in [-0.4, -0.2) is 34.4 Å². The number of aliphatic hydroxyl groups is 1. The molecule has 0 aromatic rings. The molecule has 158 valence electrons. The molecule has 1 saturated carbocycles. The minimum absolute atomic E-state index is 0.0991. The Morgan fingerprint density at radius 3 is 2.75 bits per heavy atom. The Balaban J connectivity index is 1.88. The van der Waals surface area contributed by atoms with Gasteiger partial charge in [0.05, 0.1) is 6.10 Å². The number of aliphatic hydroxyl groups excluding tert-OH is 1. The monoisotopic (exact) mass is 392 g/mol. The second kappa shape index (κ2) is 11.4. The minimum Gasteiger partial charge on any atom is -0.481 e. The summed E-state index contributed by atoms with van der Waals surface area (Å²) in [5, 5.41) is 19.3. The molecule has 2 aliphatic rings. The van der Waals surface area contributed by atoms with Crippen LogP contribution < -0.4 is 0 Å². The highest BCUT2D eigenvalue weighted by atomic mass is 16.5. The molecule has 5 heteroatoms. The molecule has 0 aromatic carbocycles. The lowest BCUT2D eigenvalue weighted by Gasteiger charge is -2.20. The zero-order valence-electron chi connectivity index (χ0n) is 17.3. The van der Waals surface area contributed by atoms with Gasteiger partial charge in [-0.3, -0.25) is 9.59 Å². The number of allylic oxidation sites excluding steroid dienone is 2. The molecule has 0 saturated heterocycles. The molecule has 0 heterocycles. The lowest BCUT2D eigenvalue weighted by Crippen LogP contribution is -2.19. The standard InChI is InChI=1S/C23H36O5/c1-3-4-5-9-19(28-16(2)24)11-12-20-21-14-17(8-6-7-10-23(26)27)13-18(21)15-22(20)25/h11-13,18-22,25H,3-10,14-15H2,1-2H3,(H,26,27). The lowest BCUT2D eigenvalue weighted by molar-refractivity contribution is -0.144. The first kappa shape index (κ1) is 22.7. The molecule has 5 atom stereocenters. The molecule has 1 fully saturated rings. The van der Waals surface area contributed by atoms with E-state index in [2.05, 4.69) is 19.1 Å². The summed E-state index contributed by atoms with van der Waals surface area (Å²) in [7, 11) is 0. The van der Waals surface area contributed by atoms with Crippen LogP contribution in [-0.2, 0) is 14.3 Å². The van der Waals surface area contributed by atoms with Crippen molar-refractivity contribution >= 4 is 11.9 Å². The van der Waals surface area contributed by atoms with Gasteiger partial charge in [0.15, 0.2) is 0 Å². The zero-order valence-corrected chi connectivity index (χ0v) is 17.3. The van der Waals surface area contributed by atoms with E-state index in [0.717, 1.165) is 57.8 Å². The number of fused-ring (bicyclic) bond motifs is 1. The van der Waals surface area contributed by atoms with Crippen molar-refractivity contribution in [3.8, 4) is 0 Å². The van der Waals surface area contributed by atoms with Crippen LogP contribution in [0.1, 0.15) is 78.1 Å². The molecule has 0 spiro atoms. The maximum atomic E-state index is 11.4. The number of carbonyl (C=O) groups excluding carboxylic acids is 1. The summed E-state index contributed by atoms with van der Waals surface area (Å²) in [4.78, 5) is 22.0. The van der Waals surface area contributed by atoms with E-state index >= 15 is 0 Å². The molecule has 5 unspecified atom stereocenters. The molecule has 0 bridgehead atoms. The number of rotatable bonds is 12. The van der Waals surface area contributed by atoms with Crippen molar-refractivity contribution in [1.82, 2.24) is 0 Å². The first-order valence-electron chi connectivity index (χ1n) is 10.9. The first-order valence-corrected chi connectivity index (χ1v) is 10.9. The predicted octanol–water partition coefficient (Wildman–Crippen LogP) is 4.64. The highest BCUT2D eigenvalue weighted by Crippen LogP contribution is 2.48. The topological polar surface area (TPSA) is 83.8 Å². The number of hydrogen-bond donors (Lipinski definition) is 2. The van der Waals surface area contributed by atoms with Gasteiger partial charge >= 0.3 is 11.9 Å². The fourth-order valence-electron chi connectivity index (χ4n) is 4.67. The summed E-state index contributed by atoms with van der Waals surface area (Å²) in [6.45, 7) is 3.59. The van der Waals surface area contributed by atoms with Crippen LogP contribution in [0.4, 0.5) is 0 Å². The van der Waals surface area contributed by atoms with Crippen molar-refractivity contribution in [2.75, 3.05) is 0 Å². The molecule has 5 nitrogen and oxygen atoms in total. The van der Waals surface area contributed by atoms with E-state index in [1.54, 1.807) is 0 Å². The molecule has 28 heavy (non-hydrogen) atoms. The minimum atomic E-state index is -0.730. The zero-order chi connectivity index (χ0) is 20.5. The van der Waals surface area contributed by atoms with Crippen LogP contribution >= 0.6 is 0 Å². The number of carboxylic acids is 1. The third-order valence-corrected chi connectivity index (χ3v) is 6.05. The maximum Gasteiger partial charge on any atom is 0.303 e. The largest absolute Gasteiger partial charge is 0.481 e. The maximum absolute atomic E-state index is 11.4. The van der Waals surface area contributed by atoms with Crippen LogP contribution in [0, 0.1) is 17.8 Å². The van der Waals surface area contributed by atoms with Gasteiger partial charge in [-0.25, -0.2) is 0 Å². The van der Waals surface area contributed by atoms with Crippen LogP contribution in [0.15, 0.2) is 23.8 Å². The van der Waals surface area contributed by atoms with Crippen molar-refractivity contribution in [1.29, 1.82) is 0 Å². The Hall–Kier alpha value is -1.62. The lowest BCUT2D eigenvalue weighted by atomic mass is 9.88. The second-order valence-corrected chi connectivity index (χ2v) is 8.37. The molecular formula is C23H36O5. The van der Waals surface area contributed by atoms with E-state index in [9.17, 15) is 14.7 Å². The van der Waals surface area contributed by atoms with Crippen molar-refractivity contribution in [2.45, 2.75) is 90.3 Å². The van der Waals surface area contributed by atoms with Gasteiger partial charge in [0.25, 0.3) is 0 Å². The number of aliphatic carboxylic acids is 1. The van der Waals surface area contributed by atoms with Crippen LogP contribution in [0.3, 0.4) is 0 Å². The third kappa shape index (κ3) is 7.08. The summed E-state index contributed by atoms with van der Waals surface area (Å²) in [5.74, 6) is -0.0724. The molecule has 2 N–H and O–H groups in total. The smallest absolute Gasteiger partial charge is 0.303 e. The fraction of sp³-hybridized carbons (Fsp3) is 0.739. The van der Waals surface area contributed by atoms with Crippen LogP contribution in [0.2, 0.25) is 0 Å². The van der Waals surface area contributed by atoms with E-state index < -0.39 is 5.97 Å². The van der Waals surface area contributed by atoms with E-state index in [0.29, 0.717) is 11.8 Å². The van der Waals surface area contributed by atoms with Gasteiger partial charge in [-0.15, -0.1) is 0 Å². The van der Waals surface area contributed by atoms with Gasteiger partial charge in [0.1, 0.15) is 6.10 Å².